The second-order valence-electron chi connectivity index (χ2n) is 4.57. The van der Waals surface area contributed by atoms with Crippen molar-refractivity contribution in [2.24, 2.45) is 0 Å². The predicted molar refractivity (Wildman–Crippen MR) is 61.5 cm³/mol. The Morgan fingerprint density at radius 1 is 1.35 bits per heavy atom. The molecule has 17 heavy (non-hydrogen) atoms. The summed E-state index contributed by atoms with van der Waals surface area (Å²) in [6.07, 6.45) is 1.66. The van der Waals surface area contributed by atoms with Crippen LogP contribution in [0.2, 0.25) is 0 Å². The highest BCUT2D eigenvalue weighted by Crippen LogP contribution is 2.31. The van der Waals surface area contributed by atoms with Crippen molar-refractivity contribution in [1.82, 2.24) is 4.90 Å². The van der Waals surface area contributed by atoms with Gasteiger partial charge in [0.25, 0.3) is 0 Å². The van der Waals surface area contributed by atoms with Crippen LogP contribution in [0.1, 0.15) is 26.7 Å². The summed E-state index contributed by atoms with van der Waals surface area (Å²) >= 11 is 0. The van der Waals surface area contributed by atoms with E-state index >= 15 is 0 Å². The number of piperidine rings is 1. The summed E-state index contributed by atoms with van der Waals surface area (Å²) < 4.78 is 16.3. The molecule has 2 saturated heterocycles. The second-order valence-corrected chi connectivity index (χ2v) is 4.57. The van der Waals surface area contributed by atoms with Crippen LogP contribution in [-0.2, 0) is 19.0 Å². The molecule has 0 aliphatic carbocycles. The second kappa shape index (κ2) is 5.33. The maximum absolute atomic E-state index is 11.6. The number of likely N-dealkylation sites (tertiary alicyclic amines) is 1. The summed E-state index contributed by atoms with van der Waals surface area (Å²) in [5.74, 6) is -0.512. The Hall–Kier alpha value is -0.650. The number of nitrogens with zero attached hydrogens (tertiary/aromatic N) is 1. The van der Waals surface area contributed by atoms with Crippen LogP contribution in [-0.4, -0.2) is 55.6 Å². The molecular formula is C12H21NO4. The van der Waals surface area contributed by atoms with Crippen LogP contribution in [0.3, 0.4) is 0 Å². The molecule has 5 nitrogen and oxygen atoms in total. The quantitative estimate of drug-likeness (QED) is 0.685. The number of ether oxygens (including phenoxy) is 3. The molecule has 98 valence electrons. The molecule has 0 aromatic heterocycles. The molecule has 0 aromatic rings. The van der Waals surface area contributed by atoms with Gasteiger partial charge in [-0.2, -0.15) is 0 Å². The Balaban J connectivity index is 1.83. The number of carbonyl (C=O) groups excluding carboxylic acids is 1. The van der Waals surface area contributed by atoms with E-state index in [2.05, 4.69) is 4.90 Å². The Labute approximate surface area is 102 Å². The van der Waals surface area contributed by atoms with Crippen molar-refractivity contribution >= 4 is 5.97 Å². The first-order chi connectivity index (χ1) is 8.17. The van der Waals surface area contributed by atoms with Gasteiger partial charge in [-0.05, 0) is 13.8 Å². The molecule has 2 fully saturated rings. The topological polar surface area (TPSA) is 48.0 Å². The van der Waals surface area contributed by atoms with E-state index in [1.165, 1.54) is 0 Å². The molecule has 0 amide bonds. The fourth-order valence-corrected chi connectivity index (χ4v) is 2.45. The minimum atomic E-state index is -0.370. The molecule has 5 heteroatoms. The lowest BCUT2D eigenvalue weighted by atomic mass is 10.0. The van der Waals surface area contributed by atoms with Crippen LogP contribution in [0.4, 0.5) is 0 Å². The minimum absolute atomic E-state index is 0.142. The van der Waals surface area contributed by atoms with Gasteiger partial charge in [-0.3, -0.25) is 9.69 Å². The van der Waals surface area contributed by atoms with E-state index in [1.807, 2.05) is 13.8 Å². The fraction of sp³-hybridized carbons (Fsp3) is 0.917. The average molecular weight is 243 g/mol. The van der Waals surface area contributed by atoms with Gasteiger partial charge in [0.15, 0.2) is 5.79 Å². The van der Waals surface area contributed by atoms with Gasteiger partial charge in [-0.15, -0.1) is 0 Å². The lowest BCUT2D eigenvalue weighted by Gasteiger charge is -2.39. The molecule has 0 radical (unpaired) electrons. The SMILES string of the molecule is CCOC(=O)C(C)N1CCC2(CC1)OCCO2. The van der Waals surface area contributed by atoms with Gasteiger partial charge >= 0.3 is 5.97 Å². The van der Waals surface area contributed by atoms with Crippen LogP contribution >= 0.6 is 0 Å². The smallest absolute Gasteiger partial charge is 0.323 e. The van der Waals surface area contributed by atoms with Crippen LogP contribution in [0.25, 0.3) is 0 Å². The van der Waals surface area contributed by atoms with Crippen molar-refractivity contribution in [2.45, 2.75) is 38.5 Å². The number of hydrogen-bond donors (Lipinski definition) is 0. The van der Waals surface area contributed by atoms with Crippen molar-refractivity contribution in [3.63, 3.8) is 0 Å². The van der Waals surface area contributed by atoms with Crippen LogP contribution < -0.4 is 0 Å². The third-order valence-electron chi connectivity index (χ3n) is 3.55. The zero-order valence-corrected chi connectivity index (χ0v) is 10.6. The molecule has 2 rings (SSSR count). The highest BCUT2D eigenvalue weighted by Gasteiger charge is 2.41. The van der Waals surface area contributed by atoms with Crippen molar-refractivity contribution < 1.29 is 19.0 Å². The molecule has 2 heterocycles. The zero-order chi connectivity index (χ0) is 12.3. The lowest BCUT2D eigenvalue weighted by Crippen LogP contribution is -2.50. The summed E-state index contributed by atoms with van der Waals surface area (Å²) in [5, 5.41) is 0. The van der Waals surface area contributed by atoms with E-state index in [1.54, 1.807) is 0 Å². The number of rotatable bonds is 3. The van der Waals surface area contributed by atoms with Gasteiger partial charge in [0.1, 0.15) is 6.04 Å². The number of esters is 1. The van der Waals surface area contributed by atoms with Crippen molar-refractivity contribution in [3.8, 4) is 0 Å². The highest BCUT2D eigenvalue weighted by atomic mass is 16.7. The molecule has 0 saturated carbocycles. The monoisotopic (exact) mass is 243 g/mol. The van der Waals surface area contributed by atoms with E-state index in [0.717, 1.165) is 25.9 Å². The summed E-state index contributed by atoms with van der Waals surface area (Å²) in [7, 11) is 0. The van der Waals surface area contributed by atoms with E-state index in [-0.39, 0.29) is 17.8 Å². The van der Waals surface area contributed by atoms with E-state index in [0.29, 0.717) is 19.8 Å². The first kappa shape index (κ1) is 12.8. The van der Waals surface area contributed by atoms with Crippen LogP contribution in [0, 0.1) is 0 Å². The van der Waals surface area contributed by atoms with Gasteiger partial charge in [-0.25, -0.2) is 0 Å². The minimum Gasteiger partial charge on any atom is -0.465 e. The van der Waals surface area contributed by atoms with Crippen molar-refractivity contribution in [2.75, 3.05) is 32.9 Å². The number of carbonyl (C=O) groups is 1. The molecule has 2 aliphatic heterocycles. The Morgan fingerprint density at radius 2 is 1.94 bits per heavy atom. The molecule has 0 bridgehead atoms. The molecular weight excluding hydrogens is 222 g/mol. The van der Waals surface area contributed by atoms with E-state index < -0.39 is 0 Å². The number of hydrogen-bond acceptors (Lipinski definition) is 5. The van der Waals surface area contributed by atoms with Gasteiger partial charge in [0.2, 0.25) is 0 Å². The molecule has 1 spiro atoms. The predicted octanol–water partition coefficient (Wildman–Crippen LogP) is 0.777. The first-order valence-electron chi connectivity index (χ1n) is 6.35. The summed E-state index contributed by atoms with van der Waals surface area (Å²) in [6, 6.07) is -0.172. The van der Waals surface area contributed by atoms with E-state index in [9.17, 15) is 4.79 Å². The molecule has 1 unspecified atom stereocenters. The summed E-state index contributed by atoms with van der Waals surface area (Å²) in [6.45, 7) is 7.18. The third-order valence-corrected chi connectivity index (χ3v) is 3.55. The standard InChI is InChI=1S/C12H21NO4/c1-3-15-11(14)10(2)13-6-4-12(5-7-13)16-8-9-17-12/h10H,3-9H2,1-2H3. The van der Waals surface area contributed by atoms with Gasteiger partial charge in [0.05, 0.1) is 19.8 Å². The first-order valence-corrected chi connectivity index (χ1v) is 6.35. The third kappa shape index (κ3) is 2.78. The maximum Gasteiger partial charge on any atom is 0.323 e. The Kier molecular flexibility index (Phi) is 4.01. The van der Waals surface area contributed by atoms with Gasteiger partial charge in [-0.1, -0.05) is 0 Å². The normalized spacial score (nSPS) is 26.0. The molecule has 0 aromatic carbocycles. The fourth-order valence-electron chi connectivity index (χ4n) is 2.45. The average Bonchev–Trinajstić information content (AvgIpc) is 2.78. The van der Waals surface area contributed by atoms with Gasteiger partial charge < -0.3 is 14.2 Å². The molecule has 1 atom stereocenters. The summed E-state index contributed by atoms with van der Waals surface area (Å²) in [4.78, 5) is 13.8. The maximum atomic E-state index is 11.6. The van der Waals surface area contributed by atoms with Crippen LogP contribution in [0.15, 0.2) is 0 Å². The van der Waals surface area contributed by atoms with E-state index in [4.69, 9.17) is 14.2 Å². The summed E-state index contributed by atoms with van der Waals surface area (Å²) in [5.41, 5.74) is 0. The van der Waals surface area contributed by atoms with Crippen molar-refractivity contribution in [3.05, 3.63) is 0 Å². The largest absolute Gasteiger partial charge is 0.465 e. The molecule has 0 N–H and O–H groups in total. The Bertz CT molecular complexity index is 266. The zero-order valence-electron chi connectivity index (χ0n) is 10.6. The highest BCUT2D eigenvalue weighted by molar-refractivity contribution is 5.75. The van der Waals surface area contributed by atoms with Crippen LogP contribution in [0.5, 0.6) is 0 Å². The van der Waals surface area contributed by atoms with Gasteiger partial charge in [0, 0.05) is 25.9 Å². The Morgan fingerprint density at radius 3 is 2.47 bits per heavy atom. The lowest BCUT2D eigenvalue weighted by molar-refractivity contribution is -0.190. The molecule has 2 aliphatic rings. The van der Waals surface area contributed by atoms with Crippen molar-refractivity contribution in [1.29, 1.82) is 0 Å².